The molecular weight excluding hydrogens is 247 g/mol. The van der Waals surface area contributed by atoms with Gasteiger partial charge in [-0.05, 0) is 29.8 Å². The zero-order valence-corrected chi connectivity index (χ0v) is 10.6. The second-order valence-corrected chi connectivity index (χ2v) is 4.22. The van der Waals surface area contributed by atoms with Gasteiger partial charge in [0.1, 0.15) is 11.6 Å². The Kier molecular flexibility index (Phi) is 4.18. The van der Waals surface area contributed by atoms with Crippen LogP contribution < -0.4 is 5.32 Å². The Bertz CT molecular complexity index is 540. The zero-order chi connectivity index (χ0) is 13.7. The fourth-order valence-electron chi connectivity index (χ4n) is 1.67. The van der Waals surface area contributed by atoms with Gasteiger partial charge in [0.2, 0.25) is 0 Å². The second kappa shape index (κ2) is 6.04. The van der Waals surface area contributed by atoms with Crippen LogP contribution in [0.1, 0.15) is 11.3 Å². The standard InChI is InChI=1S/C14H15FN2O2/c1-17(10-13-6-3-7-19-13)14(18)16-9-11-4-2-5-12(15)8-11/h2-8H,9-10H2,1H3,(H,16,18). The van der Waals surface area contributed by atoms with Gasteiger partial charge in [-0.1, -0.05) is 12.1 Å². The van der Waals surface area contributed by atoms with Crippen molar-refractivity contribution in [3.63, 3.8) is 0 Å². The molecule has 100 valence electrons. The van der Waals surface area contributed by atoms with Crippen molar-refractivity contribution in [2.45, 2.75) is 13.1 Å². The Morgan fingerprint density at radius 1 is 1.37 bits per heavy atom. The summed E-state index contributed by atoms with van der Waals surface area (Å²) in [6, 6.07) is 9.48. The van der Waals surface area contributed by atoms with Gasteiger partial charge in [0.25, 0.3) is 0 Å². The molecule has 0 aliphatic rings. The highest BCUT2D eigenvalue weighted by molar-refractivity contribution is 5.73. The summed E-state index contributed by atoms with van der Waals surface area (Å²) < 4.78 is 18.1. The van der Waals surface area contributed by atoms with Crippen LogP contribution in [-0.2, 0) is 13.1 Å². The summed E-state index contributed by atoms with van der Waals surface area (Å²) in [7, 11) is 1.67. The first-order valence-electron chi connectivity index (χ1n) is 5.91. The fraction of sp³-hybridized carbons (Fsp3) is 0.214. The topological polar surface area (TPSA) is 45.5 Å². The Morgan fingerprint density at radius 3 is 2.89 bits per heavy atom. The van der Waals surface area contributed by atoms with E-state index < -0.39 is 0 Å². The van der Waals surface area contributed by atoms with E-state index in [2.05, 4.69) is 5.32 Å². The predicted molar refractivity (Wildman–Crippen MR) is 68.8 cm³/mol. The average molecular weight is 262 g/mol. The third-order valence-electron chi connectivity index (χ3n) is 2.65. The molecule has 2 aromatic rings. The molecule has 0 fully saturated rings. The van der Waals surface area contributed by atoms with Crippen LogP contribution in [0.25, 0.3) is 0 Å². The van der Waals surface area contributed by atoms with Crippen molar-refractivity contribution >= 4 is 6.03 Å². The summed E-state index contributed by atoms with van der Waals surface area (Å²) in [4.78, 5) is 13.3. The Hall–Kier alpha value is -2.30. The minimum Gasteiger partial charge on any atom is -0.467 e. The summed E-state index contributed by atoms with van der Waals surface area (Å²) in [5, 5.41) is 2.72. The number of benzene rings is 1. The summed E-state index contributed by atoms with van der Waals surface area (Å²) in [6.45, 7) is 0.682. The highest BCUT2D eigenvalue weighted by atomic mass is 19.1. The molecule has 0 spiro atoms. The first kappa shape index (κ1) is 13.1. The van der Waals surface area contributed by atoms with Crippen LogP contribution in [0.4, 0.5) is 9.18 Å². The smallest absolute Gasteiger partial charge is 0.317 e. The molecule has 0 bridgehead atoms. The summed E-state index contributed by atoms with van der Waals surface area (Å²) >= 11 is 0. The second-order valence-electron chi connectivity index (χ2n) is 4.22. The maximum Gasteiger partial charge on any atom is 0.317 e. The Labute approximate surface area is 110 Å². The number of furan rings is 1. The van der Waals surface area contributed by atoms with Crippen molar-refractivity contribution in [3.05, 3.63) is 59.8 Å². The van der Waals surface area contributed by atoms with Gasteiger partial charge in [0, 0.05) is 13.6 Å². The molecule has 1 heterocycles. The molecular formula is C14H15FN2O2. The number of carbonyl (C=O) groups excluding carboxylic acids is 1. The number of halogens is 1. The third kappa shape index (κ3) is 3.84. The maximum absolute atomic E-state index is 13.0. The molecule has 2 rings (SSSR count). The molecule has 0 saturated heterocycles. The first-order chi connectivity index (χ1) is 9.15. The fourth-order valence-corrected chi connectivity index (χ4v) is 1.67. The van der Waals surface area contributed by atoms with E-state index in [0.29, 0.717) is 18.8 Å². The molecule has 0 unspecified atom stereocenters. The van der Waals surface area contributed by atoms with Gasteiger partial charge in [0.15, 0.2) is 0 Å². The molecule has 0 saturated carbocycles. The van der Waals surface area contributed by atoms with Gasteiger partial charge < -0.3 is 14.6 Å². The zero-order valence-electron chi connectivity index (χ0n) is 10.6. The van der Waals surface area contributed by atoms with Crippen molar-refractivity contribution < 1.29 is 13.6 Å². The lowest BCUT2D eigenvalue weighted by Crippen LogP contribution is -2.36. The van der Waals surface area contributed by atoms with Gasteiger partial charge in [-0.3, -0.25) is 0 Å². The van der Waals surface area contributed by atoms with E-state index in [1.165, 1.54) is 17.0 Å². The number of urea groups is 1. The largest absolute Gasteiger partial charge is 0.467 e. The monoisotopic (exact) mass is 262 g/mol. The summed E-state index contributed by atoms with van der Waals surface area (Å²) in [6.07, 6.45) is 1.56. The van der Waals surface area contributed by atoms with Crippen LogP contribution in [0, 0.1) is 5.82 Å². The summed E-state index contributed by atoms with van der Waals surface area (Å²) in [5.41, 5.74) is 0.722. The minimum atomic E-state index is -0.310. The molecule has 0 aliphatic carbocycles. The molecule has 19 heavy (non-hydrogen) atoms. The van der Waals surface area contributed by atoms with Gasteiger partial charge in [-0.15, -0.1) is 0 Å². The van der Waals surface area contributed by atoms with Gasteiger partial charge in [0.05, 0.1) is 12.8 Å². The minimum absolute atomic E-state index is 0.235. The van der Waals surface area contributed by atoms with Gasteiger partial charge >= 0.3 is 6.03 Å². The van der Waals surface area contributed by atoms with E-state index in [9.17, 15) is 9.18 Å². The van der Waals surface area contributed by atoms with E-state index in [1.54, 1.807) is 37.6 Å². The van der Waals surface area contributed by atoms with Gasteiger partial charge in [-0.25, -0.2) is 9.18 Å². The lowest BCUT2D eigenvalue weighted by molar-refractivity contribution is 0.202. The number of nitrogens with one attached hydrogen (secondary N) is 1. The van der Waals surface area contributed by atoms with Crippen LogP contribution in [0.5, 0.6) is 0 Å². The van der Waals surface area contributed by atoms with E-state index >= 15 is 0 Å². The third-order valence-corrected chi connectivity index (χ3v) is 2.65. The van der Waals surface area contributed by atoms with Gasteiger partial charge in [-0.2, -0.15) is 0 Å². The highest BCUT2D eigenvalue weighted by Crippen LogP contribution is 2.05. The van der Waals surface area contributed by atoms with Crippen molar-refractivity contribution in [2.24, 2.45) is 0 Å². The molecule has 0 aliphatic heterocycles. The van der Waals surface area contributed by atoms with E-state index in [0.717, 1.165) is 5.56 Å². The van der Waals surface area contributed by atoms with E-state index in [1.807, 2.05) is 0 Å². The van der Waals surface area contributed by atoms with Crippen LogP contribution in [0.2, 0.25) is 0 Å². The first-order valence-corrected chi connectivity index (χ1v) is 5.91. The molecule has 1 aromatic heterocycles. The molecule has 1 N–H and O–H groups in total. The van der Waals surface area contributed by atoms with Crippen molar-refractivity contribution in [1.82, 2.24) is 10.2 Å². The van der Waals surface area contributed by atoms with E-state index in [4.69, 9.17) is 4.42 Å². The Morgan fingerprint density at radius 2 is 2.21 bits per heavy atom. The lowest BCUT2D eigenvalue weighted by atomic mass is 10.2. The molecule has 1 aromatic carbocycles. The molecule has 0 atom stereocenters. The molecule has 0 radical (unpaired) electrons. The molecule has 5 heteroatoms. The quantitative estimate of drug-likeness (QED) is 0.920. The summed E-state index contributed by atoms with van der Waals surface area (Å²) in [5.74, 6) is 0.402. The normalized spacial score (nSPS) is 10.2. The van der Waals surface area contributed by atoms with E-state index in [-0.39, 0.29) is 11.8 Å². The lowest BCUT2D eigenvalue weighted by Gasteiger charge is -2.16. The maximum atomic E-state index is 13.0. The number of rotatable bonds is 4. The van der Waals surface area contributed by atoms with Crippen LogP contribution in [-0.4, -0.2) is 18.0 Å². The average Bonchev–Trinajstić information content (AvgIpc) is 2.89. The highest BCUT2D eigenvalue weighted by Gasteiger charge is 2.09. The molecule has 2 amide bonds. The van der Waals surface area contributed by atoms with Crippen LogP contribution in [0.15, 0.2) is 47.1 Å². The van der Waals surface area contributed by atoms with Crippen molar-refractivity contribution in [3.8, 4) is 0 Å². The number of nitrogens with zero attached hydrogens (tertiary/aromatic N) is 1. The van der Waals surface area contributed by atoms with Crippen LogP contribution in [0.3, 0.4) is 0 Å². The molecule has 4 nitrogen and oxygen atoms in total. The number of hydrogen-bond acceptors (Lipinski definition) is 2. The van der Waals surface area contributed by atoms with Crippen molar-refractivity contribution in [2.75, 3.05) is 7.05 Å². The predicted octanol–water partition coefficient (Wildman–Crippen LogP) is 2.76. The number of hydrogen-bond donors (Lipinski definition) is 1. The Balaban J connectivity index is 1.84. The number of amides is 2. The van der Waals surface area contributed by atoms with Crippen molar-refractivity contribution in [1.29, 1.82) is 0 Å². The SMILES string of the molecule is CN(Cc1ccco1)C(=O)NCc1cccc(F)c1. The van der Waals surface area contributed by atoms with Crippen LogP contribution >= 0.6 is 0 Å². The number of carbonyl (C=O) groups is 1.